The van der Waals surface area contributed by atoms with Crippen LogP contribution in [0.4, 0.5) is 17.3 Å². The van der Waals surface area contributed by atoms with Crippen molar-refractivity contribution in [2.24, 2.45) is 0 Å². The van der Waals surface area contributed by atoms with Crippen LogP contribution in [-0.2, 0) is 6.42 Å². The summed E-state index contributed by atoms with van der Waals surface area (Å²) in [4.78, 5) is 18.1. The molecule has 0 aromatic carbocycles. The number of aromatic nitrogens is 5. The van der Waals surface area contributed by atoms with Crippen LogP contribution in [0.5, 0.6) is 0 Å². The van der Waals surface area contributed by atoms with Gasteiger partial charge in [0.05, 0.1) is 17.1 Å². The molecule has 4 aromatic rings. The van der Waals surface area contributed by atoms with E-state index >= 15 is 0 Å². The summed E-state index contributed by atoms with van der Waals surface area (Å²) in [6, 6.07) is 8.22. The summed E-state index contributed by atoms with van der Waals surface area (Å²) in [5.74, 6) is 1.94. The molecule has 0 radical (unpaired) electrons. The van der Waals surface area contributed by atoms with E-state index < -0.39 is 0 Å². The Hall–Kier alpha value is -3.26. The molecule has 0 amide bonds. The number of fused-ring (bicyclic) bond motifs is 1. The maximum absolute atomic E-state index is 4.75. The third-order valence-electron chi connectivity index (χ3n) is 5.13. The lowest BCUT2D eigenvalue weighted by molar-refractivity contribution is 0.866. The lowest BCUT2D eigenvalue weighted by Crippen LogP contribution is -2.17. The van der Waals surface area contributed by atoms with Crippen molar-refractivity contribution >= 4 is 28.7 Å². The number of pyridine rings is 2. The molecule has 29 heavy (non-hydrogen) atoms. The highest BCUT2D eigenvalue weighted by Crippen LogP contribution is 2.37. The van der Waals surface area contributed by atoms with Crippen LogP contribution < -0.4 is 9.80 Å². The van der Waals surface area contributed by atoms with Crippen molar-refractivity contribution in [1.29, 1.82) is 0 Å². The second kappa shape index (κ2) is 6.97. The zero-order valence-electron chi connectivity index (χ0n) is 16.6. The van der Waals surface area contributed by atoms with Crippen molar-refractivity contribution in [3.05, 3.63) is 59.5 Å². The Bertz CT molecular complexity index is 1160. The predicted octanol–water partition coefficient (Wildman–Crippen LogP) is 3.85. The Morgan fingerprint density at radius 1 is 1.03 bits per heavy atom. The summed E-state index contributed by atoms with van der Waals surface area (Å²) in [6.45, 7) is 2.93. The van der Waals surface area contributed by atoms with Crippen molar-refractivity contribution < 1.29 is 0 Å². The van der Waals surface area contributed by atoms with Gasteiger partial charge < -0.3 is 9.80 Å². The van der Waals surface area contributed by atoms with E-state index in [0.717, 1.165) is 52.4 Å². The third-order valence-corrected chi connectivity index (χ3v) is 5.92. The van der Waals surface area contributed by atoms with Crippen LogP contribution in [0.2, 0.25) is 0 Å². The number of thiazole rings is 1. The van der Waals surface area contributed by atoms with Gasteiger partial charge in [0.15, 0.2) is 0 Å². The Kier molecular flexibility index (Phi) is 4.28. The Labute approximate surface area is 173 Å². The molecule has 1 aliphatic rings. The van der Waals surface area contributed by atoms with E-state index in [1.165, 1.54) is 5.56 Å². The SMILES string of the molecule is Cc1nc(N(C)C)ccc1N1CCc2c(-n3ccc(-c4nccs4)n3)ccnc21. The van der Waals surface area contributed by atoms with Gasteiger partial charge in [0.25, 0.3) is 0 Å². The molecule has 1 aliphatic heterocycles. The molecule has 146 valence electrons. The van der Waals surface area contributed by atoms with Crippen molar-refractivity contribution in [2.75, 3.05) is 30.4 Å². The van der Waals surface area contributed by atoms with Gasteiger partial charge >= 0.3 is 0 Å². The Morgan fingerprint density at radius 3 is 2.69 bits per heavy atom. The van der Waals surface area contributed by atoms with E-state index in [0.29, 0.717) is 0 Å². The van der Waals surface area contributed by atoms with Crippen molar-refractivity contribution in [3.63, 3.8) is 0 Å². The minimum absolute atomic E-state index is 0.879. The largest absolute Gasteiger partial charge is 0.363 e. The lowest BCUT2D eigenvalue weighted by atomic mass is 10.2. The van der Waals surface area contributed by atoms with E-state index in [1.54, 1.807) is 17.5 Å². The summed E-state index contributed by atoms with van der Waals surface area (Å²) in [5.41, 5.74) is 5.26. The van der Waals surface area contributed by atoms with Crippen molar-refractivity contribution in [2.45, 2.75) is 13.3 Å². The van der Waals surface area contributed by atoms with E-state index in [9.17, 15) is 0 Å². The highest BCUT2D eigenvalue weighted by molar-refractivity contribution is 7.13. The number of aryl methyl sites for hydroxylation is 1. The fraction of sp³-hybridized carbons (Fsp3) is 0.238. The molecule has 0 bridgehead atoms. The Morgan fingerprint density at radius 2 is 1.93 bits per heavy atom. The topological polar surface area (TPSA) is 63.0 Å². The van der Waals surface area contributed by atoms with E-state index in [1.807, 2.05) is 53.6 Å². The molecule has 0 fully saturated rings. The molecule has 0 N–H and O–H groups in total. The van der Waals surface area contributed by atoms with Crippen LogP contribution in [0.3, 0.4) is 0 Å². The maximum atomic E-state index is 4.75. The summed E-state index contributed by atoms with van der Waals surface area (Å²) in [7, 11) is 4.01. The molecule has 0 saturated carbocycles. The minimum atomic E-state index is 0.879. The number of anilines is 3. The summed E-state index contributed by atoms with van der Waals surface area (Å²) >= 11 is 1.59. The first kappa shape index (κ1) is 17.8. The Balaban J connectivity index is 1.52. The summed E-state index contributed by atoms with van der Waals surface area (Å²) in [5, 5.41) is 7.64. The minimum Gasteiger partial charge on any atom is -0.363 e. The molecule has 5 heterocycles. The van der Waals surface area contributed by atoms with Gasteiger partial charge in [-0.25, -0.2) is 19.6 Å². The first-order valence-corrected chi connectivity index (χ1v) is 10.4. The highest BCUT2D eigenvalue weighted by Gasteiger charge is 2.27. The van der Waals surface area contributed by atoms with Crippen molar-refractivity contribution in [1.82, 2.24) is 24.7 Å². The fourth-order valence-corrected chi connectivity index (χ4v) is 4.32. The van der Waals surface area contributed by atoms with Crippen LogP contribution in [0.25, 0.3) is 16.4 Å². The molecule has 0 unspecified atom stereocenters. The van der Waals surface area contributed by atoms with Gasteiger partial charge in [0.2, 0.25) is 0 Å². The molecule has 7 nitrogen and oxygen atoms in total. The molecular weight excluding hydrogens is 382 g/mol. The summed E-state index contributed by atoms with van der Waals surface area (Å²) < 4.78 is 1.93. The standard InChI is InChI=1S/C21H21N7S/c1-14-17(4-5-19(24-14)26(2)3)27-11-7-15-18(6-9-22-20(15)27)28-12-8-16(25-28)21-23-10-13-29-21/h4-6,8-10,12-13H,7,11H2,1-3H3. The second-order valence-electron chi connectivity index (χ2n) is 7.19. The molecule has 0 atom stereocenters. The van der Waals surface area contributed by atoms with Crippen LogP contribution in [0.1, 0.15) is 11.3 Å². The smallest absolute Gasteiger partial charge is 0.143 e. The first-order valence-electron chi connectivity index (χ1n) is 9.48. The first-order chi connectivity index (χ1) is 14.1. The second-order valence-corrected chi connectivity index (χ2v) is 8.08. The average Bonchev–Trinajstić information content (AvgIpc) is 3.47. The van der Waals surface area contributed by atoms with Gasteiger partial charge in [-0.3, -0.25) is 0 Å². The van der Waals surface area contributed by atoms with Gasteiger partial charge in [-0.1, -0.05) is 0 Å². The number of hydrogen-bond acceptors (Lipinski definition) is 7. The molecule has 0 spiro atoms. The normalized spacial score (nSPS) is 13.0. The molecule has 0 saturated heterocycles. The van der Waals surface area contributed by atoms with Crippen LogP contribution in [0.15, 0.2) is 48.2 Å². The number of hydrogen-bond donors (Lipinski definition) is 0. The molecule has 8 heteroatoms. The van der Waals surface area contributed by atoms with Crippen LogP contribution >= 0.6 is 11.3 Å². The highest BCUT2D eigenvalue weighted by atomic mass is 32.1. The molecule has 0 aliphatic carbocycles. The number of rotatable bonds is 4. The lowest BCUT2D eigenvalue weighted by Gasteiger charge is -2.22. The molecule has 5 rings (SSSR count). The molecule has 4 aromatic heterocycles. The zero-order valence-corrected chi connectivity index (χ0v) is 17.4. The monoisotopic (exact) mass is 403 g/mol. The van der Waals surface area contributed by atoms with Gasteiger partial charge in [0, 0.05) is 50.2 Å². The molecular formula is C21H21N7S. The van der Waals surface area contributed by atoms with E-state index in [4.69, 9.17) is 15.1 Å². The van der Waals surface area contributed by atoms with Crippen LogP contribution in [-0.4, -0.2) is 45.4 Å². The maximum Gasteiger partial charge on any atom is 0.143 e. The third kappa shape index (κ3) is 3.05. The average molecular weight is 404 g/mol. The zero-order chi connectivity index (χ0) is 20.0. The van der Waals surface area contributed by atoms with Crippen molar-refractivity contribution in [3.8, 4) is 16.4 Å². The predicted molar refractivity (Wildman–Crippen MR) is 116 cm³/mol. The quantitative estimate of drug-likeness (QED) is 0.516. The van der Waals surface area contributed by atoms with E-state index in [2.05, 4.69) is 28.9 Å². The van der Waals surface area contributed by atoms with Gasteiger partial charge in [-0.15, -0.1) is 11.3 Å². The van der Waals surface area contributed by atoms with E-state index in [-0.39, 0.29) is 0 Å². The van der Waals surface area contributed by atoms with Gasteiger partial charge in [-0.05, 0) is 37.6 Å². The van der Waals surface area contributed by atoms with Gasteiger partial charge in [-0.2, -0.15) is 5.10 Å². The fourth-order valence-electron chi connectivity index (χ4n) is 3.72. The number of nitrogens with zero attached hydrogens (tertiary/aromatic N) is 7. The van der Waals surface area contributed by atoms with Gasteiger partial charge in [0.1, 0.15) is 22.3 Å². The summed E-state index contributed by atoms with van der Waals surface area (Å²) in [6.07, 6.45) is 6.57. The van der Waals surface area contributed by atoms with Crippen LogP contribution in [0, 0.1) is 6.92 Å².